The van der Waals surface area contributed by atoms with Crippen LogP contribution in [0.4, 0.5) is 5.69 Å². The number of anilines is 1. The van der Waals surface area contributed by atoms with Crippen LogP contribution >= 0.6 is 11.6 Å². The Hall–Kier alpha value is -3.64. The molecule has 31 heavy (non-hydrogen) atoms. The third kappa shape index (κ3) is 6.42. The number of carbonyl (C=O) groups excluding carboxylic acids is 2. The molecule has 0 fully saturated rings. The monoisotopic (exact) mass is 435 g/mol. The molecule has 0 heterocycles. The second kappa shape index (κ2) is 10.9. The second-order valence-electron chi connectivity index (χ2n) is 6.61. The summed E-state index contributed by atoms with van der Waals surface area (Å²) in [7, 11) is 0. The maximum Gasteiger partial charge on any atom is 0.329 e. The topological polar surface area (TPSA) is 79.8 Å². The Morgan fingerprint density at radius 3 is 2.32 bits per heavy atom. The van der Waals surface area contributed by atoms with Gasteiger partial charge < -0.3 is 10.1 Å². The number of halogens is 1. The fourth-order valence-corrected chi connectivity index (χ4v) is 2.96. The third-order valence-electron chi connectivity index (χ3n) is 4.46. The summed E-state index contributed by atoms with van der Waals surface area (Å²) in [5.74, 6) is -0.946. The van der Waals surface area contributed by atoms with Crippen molar-refractivity contribution in [1.29, 1.82) is 0 Å². The first-order valence-electron chi connectivity index (χ1n) is 9.75. The molecule has 3 rings (SSSR count). The van der Waals surface area contributed by atoms with Crippen molar-refractivity contribution >= 4 is 35.3 Å². The smallest absolute Gasteiger partial charge is 0.329 e. The third-order valence-corrected chi connectivity index (χ3v) is 4.83. The minimum absolute atomic E-state index is 0.361. The number of amides is 2. The number of para-hydroxylation sites is 1. The minimum atomic E-state index is -0.846. The van der Waals surface area contributed by atoms with E-state index in [9.17, 15) is 9.59 Å². The van der Waals surface area contributed by atoms with E-state index in [2.05, 4.69) is 15.8 Å². The van der Waals surface area contributed by atoms with Gasteiger partial charge in [0, 0.05) is 16.3 Å². The standard InChI is InChI=1S/C24H22ClN3O3/c1-2-18-7-4-6-10-22(18)27-23(29)24(30)28-26-15-17-11-13-20(14-12-17)31-16-19-8-3-5-9-21(19)25/h3-15H,2,16H2,1H3,(H,27,29)(H,28,30). The number of ether oxygens (including phenoxy) is 1. The lowest BCUT2D eigenvalue weighted by molar-refractivity contribution is -0.136. The number of nitrogens with zero attached hydrogens (tertiary/aromatic N) is 1. The molecule has 2 amide bonds. The highest BCUT2D eigenvalue weighted by Crippen LogP contribution is 2.19. The quantitative estimate of drug-likeness (QED) is 0.324. The molecule has 0 radical (unpaired) electrons. The van der Waals surface area contributed by atoms with Gasteiger partial charge in [-0.3, -0.25) is 9.59 Å². The van der Waals surface area contributed by atoms with Gasteiger partial charge >= 0.3 is 11.8 Å². The average Bonchev–Trinajstić information content (AvgIpc) is 2.79. The summed E-state index contributed by atoms with van der Waals surface area (Å²) in [4.78, 5) is 24.0. The van der Waals surface area contributed by atoms with Crippen molar-refractivity contribution in [3.8, 4) is 5.75 Å². The molecule has 3 aromatic carbocycles. The second-order valence-corrected chi connectivity index (χ2v) is 7.02. The zero-order valence-electron chi connectivity index (χ0n) is 17.0. The normalized spacial score (nSPS) is 10.6. The van der Waals surface area contributed by atoms with Crippen LogP contribution in [0, 0.1) is 0 Å². The fraction of sp³-hybridized carbons (Fsp3) is 0.125. The molecule has 0 saturated carbocycles. The number of hydrogen-bond donors (Lipinski definition) is 2. The van der Waals surface area contributed by atoms with Crippen molar-refractivity contribution < 1.29 is 14.3 Å². The van der Waals surface area contributed by atoms with Gasteiger partial charge in [0.25, 0.3) is 0 Å². The number of hydrogen-bond acceptors (Lipinski definition) is 4. The summed E-state index contributed by atoms with van der Waals surface area (Å²) in [6.45, 7) is 2.34. The van der Waals surface area contributed by atoms with E-state index in [1.54, 1.807) is 36.4 Å². The molecule has 0 spiro atoms. The summed E-state index contributed by atoms with van der Waals surface area (Å²) in [6, 6.07) is 22.0. The van der Waals surface area contributed by atoms with Crippen LogP contribution in [0.5, 0.6) is 5.75 Å². The Morgan fingerprint density at radius 1 is 0.935 bits per heavy atom. The minimum Gasteiger partial charge on any atom is -0.489 e. The Balaban J connectivity index is 1.49. The van der Waals surface area contributed by atoms with Crippen LogP contribution in [0.25, 0.3) is 0 Å². The molecule has 3 aromatic rings. The predicted octanol–water partition coefficient (Wildman–Crippen LogP) is 4.57. The van der Waals surface area contributed by atoms with Gasteiger partial charge in [-0.05, 0) is 53.9 Å². The van der Waals surface area contributed by atoms with E-state index in [0.717, 1.165) is 23.1 Å². The number of benzene rings is 3. The van der Waals surface area contributed by atoms with E-state index in [1.807, 2.05) is 43.3 Å². The van der Waals surface area contributed by atoms with Gasteiger partial charge in [0.1, 0.15) is 12.4 Å². The van der Waals surface area contributed by atoms with Gasteiger partial charge in [-0.1, -0.05) is 54.9 Å². The van der Waals surface area contributed by atoms with Crippen molar-refractivity contribution in [1.82, 2.24) is 5.43 Å². The van der Waals surface area contributed by atoms with E-state index >= 15 is 0 Å². The Labute approximate surface area is 185 Å². The van der Waals surface area contributed by atoms with Gasteiger partial charge in [-0.15, -0.1) is 0 Å². The fourth-order valence-electron chi connectivity index (χ4n) is 2.77. The Morgan fingerprint density at radius 2 is 1.61 bits per heavy atom. The number of aryl methyl sites for hydroxylation is 1. The molecule has 0 unspecified atom stereocenters. The highest BCUT2D eigenvalue weighted by atomic mass is 35.5. The van der Waals surface area contributed by atoms with Gasteiger partial charge in [-0.2, -0.15) is 5.10 Å². The molecule has 158 valence electrons. The molecule has 7 heteroatoms. The van der Waals surface area contributed by atoms with Crippen LogP contribution < -0.4 is 15.5 Å². The summed E-state index contributed by atoms with van der Waals surface area (Å²) < 4.78 is 5.73. The molecule has 2 N–H and O–H groups in total. The first-order chi connectivity index (χ1) is 15.1. The van der Waals surface area contributed by atoms with Crippen molar-refractivity contribution in [3.63, 3.8) is 0 Å². The summed E-state index contributed by atoms with van der Waals surface area (Å²) in [5, 5.41) is 7.09. The highest BCUT2D eigenvalue weighted by Gasteiger charge is 2.14. The molecule has 0 atom stereocenters. The maximum atomic E-state index is 12.1. The first-order valence-corrected chi connectivity index (χ1v) is 10.1. The van der Waals surface area contributed by atoms with Crippen molar-refractivity contribution in [2.24, 2.45) is 5.10 Å². The molecule has 0 aliphatic rings. The first kappa shape index (κ1) is 22.1. The lowest BCUT2D eigenvalue weighted by Gasteiger charge is -2.08. The molecular weight excluding hydrogens is 414 g/mol. The molecule has 0 bridgehead atoms. The lowest BCUT2D eigenvalue weighted by Crippen LogP contribution is -2.32. The maximum absolute atomic E-state index is 12.1. The van der Waals surface area contributed by atoms with Crippen LogP contribution in [0.3, 0.4) is 0 Å². The zero-order valence-corrected chi connectivity index (χ0v) is 17.7. The summed E-state index contributed by atoms with van der Waals surface area (Å²) in [6.07, 6.45) is 2.19. The van der Waals surface area contributed by atoms with Gasteiger partial charge in [0.05, 0.1) is 6.21 Å². The SMILES string of the molecule is CCc1ccccc1NC(=O)C(=O)NN=Cc1ccc(OCc2ccccc2Cl)cc1. The van der Waals surface area contributed by atoms with Gasteiger partial charge in [0.2, 0.25) is 0 Å². The van der Waals surface area contributed by atoms with Crippen molar-refractivity contribution in [3.05, 3.63) is 94.5 Å². The highest BCUT2D eigenvalue weighted by molar-refractivity contribution is 6.39. The Kier molecular flexibility index (Phi) is 7.79. The van der Waals surface area contributed by atoms with Crippen LogP contribution in [-0.4, -0.2) is 18.0 Å². The van der Waals surface area contributed by atoms with Crippen molar-refractivity contribution in [2.45, 2.75) is 20.0 Å². The van der Waals surface area contributed by atoms with E-state index in [-0.39, 0.29) is 0 Å². The molecule has 0 aliphatic heterocycles. The summed E-state index contributed by atoms with van der Waals surface area (Å²) in [5.41, 5.74) is 5.43. The van der Waals surface area contributed by atoms with Gasteiger partial charge in [0.15, 0.2) is 0 Å². The largest absolute Gasteiger partial charge is 0.489 e. The van der Waals surface area contributed by atoms with Gasteiger partial charge in [-0.25, -0.2) is 5.43 Å². The number of carbonyl (C=O) groups is 2. The van der Waals surface area contributed by atoms with Crippen LogP contribution in [0.2, 0.25) is 5.02 Å². The molecule has 0 aliphatic carbocycles. The lowest BCUT2D eigenvalue weighted by atomic mass is 10.1. The summed E-state index contributed by atoms with van der Waals surface area (Å²) >= 11 is 6.12. The predicted molar refractivity (Wildman–Crippen MR) is 122 cm³/mol. The average molecular weight is 436 g/mol. The molecule has 0 aromatic heterocycles. The Bertz CT molecular complexity index is 1080. The number of nitrogens with one attached hydrogen (secondary N) is 2. The number of rotatable bonds is 7. The van der Waals surface area contributed by atoms with Crippen LogP contribution in [0.15, 0.2) is 77.9 Å². The molecule has 0 saturated heterocycles. The van der Waals surface area contributed by atoms with Crippen molar-refractivity contribution in [2.75, 3.05) is 5.32 Å². The van der Waals surface area contributed by atoms with E-state index in [0.29, 0.717) is 23.1 Å². The van der Waals surface area contributed by atoms with Crippen LogP contribution in [-0.2, 0) is 22.6 Å². The van der Waals surface area contributed by atoms with E-state index < -0.39 is 11.8 Å². The van der Waals surface area contributed by atoms with E-state index in [4.69, 9.17) is 16.3 Å². The number of hydrazone groups is 1. The van der Waals surface area contributed by atoms with Crippen LogP contribution in [0.1, 0.15) is 23.6 Å². The molecule has 6 nitrogen and oxygen atoms in total. The van der Waals surface area contributed by atoms with E-state index in [1.165, 1.54) is 6.21 Å². The zero-order chi connectivity index (χ0) is 22.1. The molecular formula is C24H22ClN3O3.